The van der Waals surface area contributed by atoms with E-state index >= 15 is 0 Å². The minimum Gasteiger partial charge on any atom is -0.496 e. The second kappa shape index (κ2) is 2.37. The van der Waals surface area contributed by atoms with E-state index in [2.05, 4.69) is 0 Å². The first kappa shape index (κ1) is 6.58. The summed E-state index contributed by atoms with van der Waals surface area (Å²) in [5.74, 6) is 0. The Morgan fingerprint density at radius 2 is 2.11 bits per heavy atom. The quantitative estimate of drug-likeness (QED) is 0.471. The molecule has 3 atom stereocenters. The van der Waals surface area contributed by atoms with Crippen LogP contribution in [0.3, 0.4) is 0 Å². The van der Waals surface area contributed by atoms with E-state index in [1.165, 1.54) is 12.3 Å². The fourth-order valence-electron chi connectivity index (χ4n) is 0.722. The lowest BCUT2D eigenvalue weighted by molar-refractivity contribution is -0.0543. The van der Waals surface area contributed by atoms with Crippen molar-refractivity contribution in [3.63, 3.8) is 0 Å². The molecule has 0 aromatic carbocycles. The maximum atomic E-state index is 9.02. The molecule has 0 saturated heterocycles. The van der Waals surface area contributed by atoms with E-state index < -0.39 is 12.2 Å². The van der Waals surface area contributed by atoms with Gasteiger partial charge in [-0.15, -0.1) is 0 Å². The molecule has 1 aliphatic rings. The fraction of sp³-hybridized carbons (Fsp3) is 0.667. The van der Waals surface area contributed by atoms with Crippen molar-refractivity contribution in [2.45, 2.75) is 25.2 Å². The van der Waals surface area contributed by atoms with Crippen LogP contribution in [0.4, 0.5) is 0 Å². The van der Waals surface area contributed by atoms with Gasteiger partial charge in [0.15, 0.2) is 0 Å². The molecule has 1 rings (SSSR count). The van der Waals surface area contributed by atoms with Crippen molar-refractivity contribution < 1.29 is 14.9 Å². The summed E-state index contributed by atoms with van der Waals surface area (Å²) in [6.45, 7) is 1.71. The molecule has 9 heavy (non-hydrogen) atoms. The molecule has 0 saturated carbocycles. The number of hydrogen-bond acceptors (Lipinski definition) is 3. The zero-order valence-corrected chi connectivity index (χ0v) is 5.19. The van der Waals surface area contributed by atoms with Crippen molar-refractivity contribution in [3.8, 4) is 0 Å². The third-order valence-electron chi connectivity index (χ3n) is 1.40. The van der Waals surface area contributed by atoms with Crippen LogP contribution in [0.15, 0.2) is 12.3 Å². The number of hydrogen-bond donors (Lipinski definition) is 2. The summed E-state index contributed by atoms with van der Waals surface area (Å²) in [7, 11) is 0. The number of rotatable bonds is 0. The minimum absolute atomic E-state index is 0.301. The number of ether oxygens (including phenoxy) is 1. The Bertz CT molecular complexity index is 121. The van der Waals surface area contributed by atoms with E-state index in [0.717, 1.165) is 0 Å². The van der Waals surface area contributed by atoms with Gasteiger partial charge >= 0.3 is 0 Å². The topological polar surface area (TPSA) is 49.7 Å². The molecule has 0 aromatic rings. The van der Waals surface area contributed by atoms with Crippen LogP contribution in [0.5, 0.6) is 0 Å². The van der Waals surface area contributed by atoms with Crippen LogP contribution in [-0.2, 0) is 4.74 Å². The maximum Gasteiger partial charge on any atom is 0.124 e. The molecule has 0 aromatic heterocycles. The Hall–Kier alpha value is -0.540. The summed E-state index contributed by atoms with van der Waals surface area (Å²) in [4.78, 5) is 0. The van der Waals surface area contributed by atoms with Crippen molar-refractivity contribution in [1.29, 1.82) is 0 Å². The van der Waals surface area contributed by atoms with E-state index in [9.17, 15) is 0 Å². The molecule has 1 heterocycles. The SMILES string of the molecule is C[C@H]1OC=C[C@H](O)[C@@H]1O. The van der Waals surface area contributed by atoms with Crippen molar-refractivity contribution in [2.24, 2.45) is 0 Å². The second-order valence-corrected chi connectivity index (χ2v) is 2.15. The van der Waals surface area contributed by atoms with Gasteiger partial charge in [0.05, 0.1) is 6.26 Å². The Morgan fingerprint density at radius 3 is 2.56 bits per heavy atom. The molecule has 0 fully saturated rings. The van der Waals surface area contributed by atoms with Gasteiger partial charge in [-0.2, -0.15) is 0 Å². The van der Waals surface area contributed by atoms with Crippen molar-refractivity contribution in [1.82, 2.24) is 0 Å². The Balaban J connectivity index is 2.58. The average molecular weight is 130 g/mol. The van der Waals surface area contributed by atoms with Gasteiger partial charge in [0.25, 0.3) is 0 Å². The van der Waals surface area contributed by atoms with Crippen LogP contribution in [0.1, 0.15) is 6.92 Å². The smallest absolute Gasteiger partial charge is 0.124 e. The second-order valence-electron chi connectivity index (χ2n) is 2.15. The summed E-state index contributed by atoms with van der Waals surface area (Å²) in [6.07, 6.45) is 0.973. The van der Waals surface area contributed by atoms with Crippen LogP contribution >= 0.6 is 0 Å². The Kier molecular flexibility index (Phi) is 1.73. The molecule has 1 aliphatic heterocycles. The molecule has 0 bridgehead atoms. The molecule has 0 unspecified atom stereocenters. The van der Waals surface area contributed by atoms with Gasteiger partial charge < -0.3 is 14.9 Å². The molecule has 0 amide bonds. The third kappa shape index (κ3) is 1.23. The summed E-state index contributed by atoms with van der Waals surface area (Å²) in [5.41, 5.74) is 0. The van der Waals surface area contributed by atoms with Crippen LogP contribution in [0, 0.1) is 0 Å². The zero-order chi connectivity index (χ0) is 6.85. The molecule has 0 radical (unpaired) electrons. The highest BCUT2D eigenvalue weighted by Gasteiger charge is 2.24. The first-order valence-corrected chi connectivity index (χ1v) is 2.90. The molecule has 3 heteroatoms. The highest BCUT2D eigenvalue weighted by Crippen LogP contribution is 2.10. The summed E-state index contributed by atoms with van der Waals surface area (Å²) >= 11 is 0. The minimum atomic E-state index is -0.782. The molecule has 2 N–H and O–H groups in total. The number of aliphatic hydroxyl groups excluding tert-OH is 2. The van der Waals surface area contributed by atoms with Gasteiger partial charge in [0, 0.05) is 0 Å². The Morgan fingerprint density at radius 1 is 1.44 bits per heavy atom. The average Bonchev–Trinajstić information content (AvgIpc) is 1.83. The van der Waals surface area contributed by atoms with Crippen molar-refractivity contribution in [2.75, 3.05) is 0 Å². The fourth-order valence-corrected chi connectivity index (χ4v) is 0.722. The maximum absolute atomic E-state index is 9.02. The van der Waals surface area contributed by atoms with Gasteiger partial charge in [-0.05, 0) is 13.0 Å². The lowest BCUT2D eigenvalue weighted by atomic mass is 10.1. The van der Waals surface area contributed by atoms with Crippen LogP contribution in [-0.4, -0.2) is 28.5 Å². The van der Waals surface area contributed by atoms with Gasteiger partial charge in [0.2, 0.25) is 0 Å². The molecular weight excluding hydrogens is 120 g/mol. The van der Waals surface area contributed by atoms with E-state index in [1.54, 1.807) is 6.92 Å². The van der Waals surface area contributed by atoms with Crippen molar-refractivity contribution >= 4 is 0 Å². The van der Waals surface area contributed by atoms with Crippen LogP contribution < -0.4 is 0 Å². The zero-order valence-electron chi connectivity index (χ0n) is 5.19. The first-order valence-electron chi connectivity index (χ1n) is 2.90. The highest BCUT2D eigenvalue weighted by atomic mass is 16.5. The summed E-state index contributed by atoms with van der Waals surface area (Å²) in [6, 6.07) is 0. The highest BCUT2D eigenvalue weighted by molar-refractivity contribution is 4.95. The first-order chi connectivity index (χ1) is 4.22. The lowest BCUT2D eigenvalue weighted by Gasteiger charge is -2.24. The largest absolute Gasteiger partial charge is 0.496 e. The predicted molar refractivity (Wildman–Crippen MR) is 31.7 cm³/mol. The molecule has 0 spiro atoms. The lowest BCUT2D eigenvalue weighted by Crippen LogP contribution is -2.37. The van der Waals surface area contributed by atoms with Gasteiger partial charge in [-0.1, -0.05) is 0 Å². The van der Waals surface area contributed by atoms with Gasteiger partial charge in [-0.25, -0.2) is 0 Å². The van der Waals surface area contributed by atoms with Crippen molar-refractivity contribution in [3.05, 3.63) is 12.3 Å². The third-order valence-corrected chi connectivity index (χ3v) is 1.40. The standard InChI is InChI=1S/C6H10O3/c1-4-6(8)5(7)2-3-9-4/h2-8H,1H3/t4-,5+,6-/m1/s1. The van der Waals surface area contributed by atoms with E-state index in [1.807, 2.05) is 0 Å². The normalized spacial score (nSPS) is 42.3. The van der Waals surface area contributed by atoms with Gasteiger partial charge in [0.1, 0.15) is 18.3 Å². The number of aliphatic hydroxyl groups is 2. The van der Waals surface area contributed by atoms with Crippen LogP contribution in [0.2, 0.25) is 0 Å². The Labute approximate surface area is 53.6 Å². The predicted octanol–water partition coefficient (Wildman–Crippen LogP) is -0.359. The molecule has 3 nitrogen and oxygen atoms in total. The van der Waals surface area contributed by atoms with Crippen LogP contribution in [0.25, 0.3) is 0 Å². The molecular formula is C6H10O3. The van der Waals surface area contributed by atoms with Gasteiger partial charge in [-0.3, -0.25) is 0 Å². The summed E-state index contributed by atoms with van der Waals surface area (Å²) in [5, 5.41) is 18.0. The molecule has 0 aliphatic carbocycles. The summed E-state index contributed by atoms with van der Waals surface area (Å²) < 4.78 is 4.87. The monoisotopic (exact) mass is 130 g/mol. The van der Waals surface area contributed by atoms with E-state index in [-0.39, 0.29) is 6.10 Å². The van der Waals surface area contributed by atoms with E-state index in [4.69, 9.17) is 14.9 Å². The van der Waals surface area contributed by atoms with E-state index in [0.29, 0.717) is 0 Å². The molecule has 52 valence electrons.